The summed E-state index contributed by atoms with van der Waals surface area (Å²) in [5, 5.41) is 11.8. The number of nitrogens with one attached hydrogen (secondary N) is 1. The van der Waals surface area contributed by atoms with Crippen LogP contribution in [-0.2, 0) is 12.4 Å². The van der Waals surface area contributed by atoms with E-state index in [0.29, 0.717) is 22.3 Å². The highest BCUT2D eigenvalue weighted by atomic mass is 32.2. The number of rotatable bonds is 8. The Kier molecular flexibility index (Phi) is 6.95. The number of nitrogens with zero attached hydrogens (tertiary/aromatic N) is 3. The summed E-state index contributed by atoms with van der Waals surface area (Å²) in [5.74, 6) is 7.99. The number of carbonyl (C=O) groups excluding carboxylic acids is 1. The first-order valence-corrected chi connectivity index (χ1v) is 11.4. The van der Waals surface area contributed by atoms with Crippen LogP contribution in [0.15, 0.2) is 78.0 Å². The van der Waals surface area contributed by atoms with Crippen molar-refractivity contribution in [1.82, 2.24) is 14.9 Å². The molecule has 0 aliphatic heterocycles. The molecule has 0 unspecified atom stereocenters. The summed E-state index contributed by atoms with van der Waals surface area (Å²) in [5.41, 5.74) is 4.69. The van der Waals surface area contributed by atoms with E-state index in [2.05, 4.69) is 21.6 Å². The van der Waals surface area contributed by atoms with Gasteiger partial charge in [-0.05, 0) is 66.9 Å². The van der Waals surface area contributed by atoms with Crippen molar-refractivity contribution in [2.45, 2.75) is 31.4 Å². The maximum Gasteiger partial charge on any atom is 0.255 e. The number of amides is 1. The molecule has 0 saturated carbocycles. The average molecular weight is 460 g/mol. The van der Waals surface area contributed by atoms with Crippen molar-refractivity contribution in [2.75, 3.05) is 11.2 Å². The smallest absolute Gasteiger partial charge is 0.255 e. The minimum Gasteiger partial charge on any atom is -0.486 e. The van der Waals surface area contributed by atoms with E-state index < -0.39 is 0 Å². The standard InChI is InChI=1S/C25H25N5O2S/c1-17-12-18(2)14-22(13-17)32-15-23-28-29-25(30(23)26)33-16-19-8-10-20(11-9-19)24(31)27-21-6-4-3-5-7-21/h3-14H,15-16,26H2,1-2H3,(H,27,31). The number of nitrogen functional groups attached to an aromatic ring is 1. The Bertz CT molecular complexity index is 1220. The lowest BCUT2D eigenvalue weighted by Crippen LogP contribution is -2.15. The zero-order chi connectivity index (χ0) is 23.2. The van der Waals surface area contributed by atoms with Crippen LogP contribution < -0.4 is 15.9 Å². The van der Waals surface area contributed by atoms with Crippen molar-refractivity contribution in [1.29, 1.82) is 0 Å². The van der Waals surface area contributed by atoms with Gasteiger partial charge in [0, 0.05) is 17.0 Å². The molecular weight excluding hydrogens is 434 g/mol. The van der Waals surface area contributed by atoms with Gasteiger partial charge in [0.2, 0.25) is 5.16 Å². The number of para-hydroxylation sites is 1. The van der Waals surface area contributed by atoms with E-state index in [9.17, 15) is 4.79 Å². The second-order valence-electron chi connectivity index (χ2n) is 7.69. The van der Waals surface area contributed by atoms with Gasteiger partial charge in [0.15, 0.2) is 5.82 Å². The molecule has 0 radical (unpaired) electrons. The Morgan fingerprint density at radius 1 is 1.00 bits per heavy atom. The molecular formula is C25H25N5O2S. The average Bonchev–Trinajstić information content (AvgIpc) is 3.16. The lowest BCUT2D eigenvalue weighted by atomic mass is 10.1. The Hall–Kier alpha value is -3.78. The van der Waals surface area contributed by atoms with Crippen LogP contribution in [0, 0.1) is 13.8 Å². The summed E-state index contributed by atoms with van der Waals surface area (Å²) in [4.78, 5) is 12.4. The Morgan fingerprint density at radius 2 is 1.70 bits per heavy atom. The summed E-state index contributed by atoms with van der Waals surface area (Å²) in [7, 11) is 0. The number of aromatic nitrogens is 3. The van der Waals surface area contributed by atoms with Crippen molar-refractivity contribution in [2.24, 2.45) is 0 Å². The number of aryl methyl sites for hydroxylation is 2. The minimum atomic E-state index is -0.143. The van der Waals surface area contributed by atoms with E-state index in [0.717, 1.165) is 28.1 Å². The van der Waals surface area contributed by atoms with Gasteiger partial charge in [-0.15, -0.1) is 10.2 Å². The van der Waals surface area contributed by atoms with E-state index in [-0.39, 0.29) is 12.5 Å². The predicted octanol–water partition coefficient (Wildman–Crippen LogP) is 4.73. The molecule has 3 aromatic carbocycles. The number of ether oxygens (including phenoxy) is 1. The van der Waals surface area contributed by atoms with Gasteiger partial charge in [-0.2, -0.15) is 0 Å². The van der Waals surface area contributed by atoms with Gasteiger partial charge >= 0.3 is 0 Å². The lowest BCUT2D eigenvalue weighted by molar-refractivity contribution is 0.102. The van der Waals surface area contributed by atoms with Crippen LogP contribution in [0.25, 0.3) is 0 Å². The first-order chi connectivity index (χ1) is 16.0. The molecule has 1 aromatic heterocycles. The fourth-order valence-corrected chi connectivity index (χ4v) is 4.12. The third-order valence-electron chi connectivity index (χ3n) is 4.91. The van der Waals surface area contributed by atoms with Crippen LogP contribution in [0.5, 0.6) is 5.75 Å². The summed E-state index contributed by atoms with van der Waals surface area (Å²) in [6.07, 6.45) is 0. The molecule has 0 spiro atoms. The van der Waals surface area contributed by atoms with Crippen molar-refractivity contribution in [3.05, 3.63) is 101 Å². The highest BCUT2D eigenvalue weighted by Gasteiger charge is 2.12. The maximum absolute atomic E-state index is 12.4. The second-order valence-corrected chi connectivity index (χ2v) is 8.63. The molecule has 7 nitrogen and oxygen atoms in total. The number of nitrogens with two attached hydrogens (primary N) is 1. The first kappa shape index (κ1) is 22.4. The normalized spacial score (nSPS) is 10.7. The van der Waals surface area contributed by atoms with E-state index in [1.54, 1.807) is 0 Å². The highest BCUT2D eigenvalue weighted by molar-refractivity contribution is 7.98. The van der Waals surface area contributed by atoms with Crippen LogP contribution in [-0.4, -0.2) is 20.8 Å². The van der Waals surface area contributed by atoms with Crippen LogP contribution in [0.1, 0.15) is 32.9 Å². The van der Waals surface area contributed by atoms with Gasteiger partial charge in [-0.3, -0.25) is 4.79 Å². The number of hydrogen-bond acceptors (Lipinski definition) is 6. The number of thioether (sulfide) groups is 1. The van der Waals surface area contributed by atoms with E-state index in [1.165, 1.54) is 16.4 Å². The Balaban J connectivity index is 1.32. The zero-order valence-corrected chi connectivity index (χ0v) is 19.3. The van der Waals surface area contributed by atoms with Crippen LogP contribution in [0.3, 0.4) is 0 Å². The van der Waals surface area contributed by atoms with Crippen molar-refractivity contribution in [3.63, 3.8) is 0 Å². The Morgan fingerprint density at radius 3 is 2.39 bits per heavy atom. The predicted molar refractivity (Wildman–Crippen MR) is 131 cm³/mol. The lowest BCUT2D eigenvalue weighted by Gasteiger charge is -2.08. The van der Waals surface area contributed by atoms with Gasteiger partial charge in [-0.1, -0.05) is 48.2 Å². The topological polar surface area (TPSA) is 95.1 Å². The van der Waals surface area contributed by atoms with E-state index >= 15 is 0 Å². The van der Waals surface area contributed by atoms with Crippen molar-refractivity contribution in [3.8, 4) is 5.75 Å². The van der Waals surface area contributed by atoms with Crippen LogP contribution >= 0.6 is 11.8 Å². The molecule has 0 fully saturated rings. The molecule has 4 aromatic rings. The quantitative estimate of drug-likeness (QED) is 0.292. The van der Waals surface area contributed by atoms with Gasteiger partial charge < -0.3 is 15.9 Å². The molecule has 3 N–H and O–H groups in total. The highest BCUT2D eigenvalue weighted by Crippen LogP contribution is 2.22. The first-order valence-electron chi connectivity index (χ1n) is 10.5. The molecule has 4 rings (SSSR count). The van der Waals surface area contributed by atoms with E-state index in [1.807, 2.05) is 80.6 Å². The third kappa shape index (κ3) is 5.93. The van der Waals surface area contributed by atoms with Crippen LogP contribution in [0.4, 0.5) is 5.69 Å². The second kappa shape index (κ2) is 10.2. The molecule has 168 valence electrons. The maximum atomic E-state index is 12.4. The van der Waals surface area contributed by atoms with Crippen molar-refractivity contribution < 1.29 is 9.53 Å². The number of hydrogen-bond donors (Lipinski definition) is 2. The summed E-state index contributed by atoms with van der Waals surface area (Å²) < 4.78 is 7.29. The molecule has 0 saturated heterocycles. The SMILES string of the molecule is Cc1cc(C)cc(OCc2nnc(SCc3ccc(C(=O)Nc4ccccc4)cc3)n2N)c1. The van der Waals surface area contributed by atoms with Gasteiger partial charge in [0.25, 0.3) is 5.91 Å². The zero-order valence-electron chi connectivity index (χ0n) is 18.5. The molecule has 1 heterocycles. The van der Waals surface area contributed by atoms with E-state index in [4.69, 9.17) is 10.6 Å². The number of benzene rings is 3. The summed E-state index contributed by atoms with van der Waals surface area (Å²) in [6.45, 7) is 4.29. The molecule has 8 heteroatoms. The Labute approximate surface area is 197 Å². The van der Waals surface area contributed by atoms with Crippen LogP contribution in [0.2, 0.25) is 0 Å². The number of carbonyl (C=O) groups is 1. The monoisotopic (exact) mass is 459 g/mol. The largest absolute Gasteiger partial charge is 0.486 e. The van der Waals surface area contributed by atoms with Gasteiger partial charge in [0.05, 0.1) is 0 Å². The van der Waals surface area contributed by atoms with Crippen molar-refractivity contribution >= 4 is 23.4 Å². The molecule has 0 aliphatic rings. The molecule has 33 heavy (non-hydrogen) atoms. The number of anilines is 1. The van der Waals surface area contributed by atoms with Gasteiger partial charge in [-0.25, -0.2) is 4.68 Å². The molecule has 0 atom stereocenters. The third-order valence-corrected chi connectivity index (χ3v) is 5.93. The minimum absolute atomic E-state index is 0.143. The molecule has 0 bridgehead atoms. The molecule has 1 amide bonds. The summed E-state index contributed by atoms with van der Waals surface area (Å²) in [6, 6.07) is 22.9. The fraction of sp³-hybridized carbons (Fsp3) is 0.160. The fourth-order valence-electron chi connectivity index (χ4n) is 3.29. The van der Waals surface area contributed by atoms with Gasteiger partial charge in [0.1, 0.15) is 12.4 Å². The molecule has 0 aliphatic carbocycles. The summed E-state index contributed by atoms with van der Waals surface area (Å²) >= 11 is 1.47.